The average molecular weight is 544 g/mol. The lowest BCUT2D eigenvalue weighted by Gasteiger charge is -2.21. The van der Waals surface area contributed by atoms with Gasteiger partial charge in [0, 0.05) is 60.8 Å². The fourth-order valence-corrected chi connectivity index (χ4v) is 4.74. The van der Waals surface area contributed by atoms with Crippen LogP contribution in [0.25, 0.3) is 10.9 Å². The van der Waals surface area contributed by atoms with Crippen molar-refractivity contribution in [1.29, 1.82) is 0 Å². The Kier molecular flexibility index (Phi) is 8.27. The van der Waals surface area contributed by atoms with Gasteiger partial charge in [0.25, 0.3) is 0 Å². The van der Waals surface area contributed by atoms with Crippen molar-refractivity contribution in [3.63, 3.8) is 0 Å². The molecule has 8 heteroatoms. The third-order valence-corrected chi connectivity index (χ3v) is 6.42. The summed E-state index contributed by atoms with van der Waals surface area (Å²) in [7, 11) is 1.79. The van der Waals surface area contributed by atoms with Crippen molar-refractivity contribution in [2.24, 2.45) is 10.9 Å². The molecule has 4 rings (SSSR count). The number of aliphatic imine (C=N–C) groups is 1. The molecule has 1 saturated carbocycles. The molecule has 2 heterocycles. The van der Waals surface area contributed by atoms with Gasteiger partial charge < -0.3 is 20.5 Å². The number of hydrogen-bond acceptors (Lipinski definition) is 2. The monoisotopic (exact) mass is 543 g/mol. The van der Waals surface area contributed by atoms with Crippen LogP contribution in [0.3, 0.4) is 0 Å². The molecule has 30 heavy (non-hydrogen) atoms. The Hall–Kier alpha value is -1.48. The highest BCUT2D eigenvalue weighted by Crippen LogP contribution is 2.28. The van der Waals surface area contributed by atoms with Gasteiger partial charge in [-0.25, -0.2) is 0 Å². The molecule has 3 N–H and O–H groups in total. The summed E-state index contributed by atoms with van der Waals surface area (Å²) in [6.07, 6.45) is 8.42. The number of likely N-dealkylation sites (tertiary alicyclic amines) is 1. The molecule has 0 radical (unpaired) electrons. The minimum Gasteiger partial charge on any atom is -0.361 e. The number of carbonyl (C=O) groups is 1. The number of fused-ring (bicyclic) bond motifs is 1. The first kappa shape index (κ1) is 23.2. The molecular formula is C22H31ClIN5O. The molecule has 1 aliphatic carbocycles. The lowest BCUT2D eigenvalue weighted by Crippen LogP contribution is -2.45. The van der Waals surface area contributed by atoms with E-state index in [1.54, 1.807) is 7.05 Å². The first-order valence-corrected chi connectivity index (χ1v) is 11.0. The Labute approximate surface area is 200 Å². The van der Waals surface area contributed by atoms with Crippen LogP contribution in [-0.4, -0.2) is 54.5 Å². The van der Waals surface area contributed by atoms with Crippen LogP contribution in [0.15, 0.2) is 29.4 Å². The molecule has 1 unspecified atom stereocenters. The van der Waals surface area contributed by atoms with Crippen LogP contribution in [0.5, 0.6) is 0 Å². The number of rotatable bonds is 5. The van der Waals surface area contributed by atoms with E-state index in [2.05, 4.69) is 20.6 Å². The third kappa shape index (κ3) is 5.41. The summed E-state index contributed by atoms with van der Waals surface area (Å²) in [4.78, 5) is 22.3. The Morgan fingerprint density at radius 3 is 2.87 bits per heavy atom. The van der Waals surface area contributed by atoms with E-state index in [4.69, 9.17) is 11.6 Å². The number of carbonyl (C=O) groups excluding carboxylic acids is 1. The fraction of sp³-hybridized carbons (Fsp3) is 0.545. The number of hydrogen-bond donors (Lipinski definition) is 3. The van der Waals surface area contributed by atoms with Crippen molar-refractivity contribution in [3.05, 3.63) is 35.0 Å². The second-order valence-corrected chi connectivity index (χ2v) is 8.58. The second kappa shape index (κ2) is 10.7. The van der Waals surface area contributed by atoms with Crippen molar-refractivity contribution in [3.8, 4) is 0 Å². The maximum Gasteiger partial charge on any atom is 0.225 e. The number of amides is 1. The predicted octanol–water partition coefficient (Wildman–Crippen LogP) is 3.94. The Morgan fingerprint density at radius 2 is 2.10 bits per heavy atom. The van der Waals surface area contributed by atoms with Gasteiger partial charge in [-0.3, -0.25) is 9.79 Å². The Balaban J connectivity index is 0.00000256. The highest BCUT2D eigenvalue weighted by Gasteiger charge is 2.32. The summed E-state index contributed by atoms with van der Waals surface area (Å²) >= 11 is 6.14. The lowest BCUT2D eigenvalue weighted by atomic mass is 10.1. The molecule has 1 aromatic carbocycles. The van der Waals surface area contributed by atoms with E-state index in [0.29, 0.717) is 5.91 Å². The first-order valence-electron chi connectivity index (χ1n) is 10.7. The van der Waals surface area contributed by atoms with Crippen molar-refractivity contribution in [1.82, 2.24) is 20.5 Å². The van der Waals surface area contributed by atoms with Gasteiger partial charge in [-0.15, -0.1) is 24.0 Å². The van der Waals surface area contributed by atoms with E-state index in [-0.39, 0.29) is 35.9 Å². The standard InChI is InChI=1S/C22H30ClN5O.HI/c1-24-22(25-10-8-16-13-26-20-7-6-17(23)12-19(16)20)27-18-9-11-28(14-18)21(29)15-4-2-3-5-15;/h6-7,12-13,15,18,26H,2-5,8-11,14H2,1H3,(H2,24,25,27);1H. The number of aromatic amines is 1. The molecule has 1 aliphatic heterocycles. The predicted molar refractivity (Wildman–Crippen MR) is 134 cm³/mol. The van der Waals surface area contributed by atoms with Crippen LogP contribution in [-0.2, 0) is 11.2 Å². The molecule has 1 saturated heterocycles. The number of H-pyrrole nitrogens is 1. The number of aromatic nitrogens is 1. The van der Waals surface area contributed by atoms with Crippen molar-refractivity contribution >= 4 is 58.3 Å². The highest BCUT2D eigenvalue weighted by atomic mass is 127. The minimum absolute atomic E-state index is 0. The van der Waals surface area contributed by atoms with E-state index < -0.39 is 0 Å². The zero-order valence-corrected chi connectivity index (χ0v) is 20.5. The van der Waals surface area contributed by atoms with Gasteiger partial charge in [0.1, 0.15) is 0 Å². The Morgan fingerprint density at radius 1 is 1.30 bits per heavy atom. The van der Waals surface area contributed by atoms with Crippen LogP contribution in [0, 0.1) is 5.92 Å². The fourth-order valence-electron chi connectivity index (χ4n) is 4.57. The van der Waals surface area contributed by atoms with E-state index in [0.717, 1.165) is 61.8 Å². The van der Waals surface area contributed by atoms with Gasteiger partial charge in [-0.2, -0.15) is 0 Å². The zero-order chi connectivity index (χ0) is 20.2. The molecule has 164 valence electrons. The van der Waals surface area contributed by atoms with Crippen LogP contribution < -0.4 is 10.6 Å². The smallest absolute Gasteiger partial charge is 0.225 e. The largest absolute Gasteiger partial charge is 0.361 e. The molecule has 2 aromatic rings. The van der Waals surface area contributed by atoms with E-state index >= 15 is 0 Å². The molecular weight excluding hydrogens is 513 g/mol. The molecule has 6 nitrogen and oxygen atoms in total. The summed E-state index contributed by atoms with van der Waals surface area (Å²) in [5, 5.41) is 8.80. The molecule has 1 aromatic heterocycles. The zero-order valence-electron chi connectivity index (χ0n) is 17.4. The topological polar surface area (TPSA) is 72.5 Å². The normalized spacial score (nSPS) is 19.9. The quantitative estimate of drug-likeness (QED) is 0.304. The number of halogens is 2. The number of nitrogens with zero attached hydrogens (tertiary/aromatic N) is 2. The molecule has 1 atom stereocenters. The summed E-state index contributed by atoms with van der Waals surface area (Å²) in [6.45, 7) is 2.40. The van der Waals surface area contributed by atoms with Gasteiger partial charge in [-0.1, -0.05) is 24.4 Å². The van der Waals surface area contributed by atoms with Gasteiger partial charge in [0.05, 0.1) is 0 Å². The van der Waals surface area contributed by atoms with Crippen molar-refractivity contribution < 1.29 is 4.79 Å². The molecule has 2 fully saturated rings. The molecule has 0 spiro atoms. The summed E-state index contributed by atoms with van der Waals surface area (Å²) < 4.78 is 0. The second-order valence-electron chi connectivity index (χ2n) is 8.15. The number of guanidine groups is 1. The Bertz CT molecular complexity index is 893. The number of nitrogens with one attached hydrogen (secondary N) is 3. The van der Waals surface area contributed by atoms with E-state index in [1.165, 1.54) is 23.8 Å². The van der Waals surface area contributed by atoms with Crippen LogP contribution in [0.2, 0.25) is 5.02 Å². The van der Waals surface area contributed by atoms with Crippen LogP contribution in [0.1, 0.15) is 37.7 Å². The molecule has 0 bridgehead atoms. The summed E-state index contributed by atoms with van der Waals surface area (Å²) in [5.74, 6) is 1.41. The maximum absolute atomic E-state index is 12.6. The maximum atomic E-state index is 12.6. The van der Waals surface area contributed by atoms with Gasteiger partial charge >= 0.3 is 0 Å². The minimum atomic E-state index is 0. The van der Waals surface area contributed by atoms with Gasteiger partial charge in [0.15, 0.2) is 5.96 Å². The van der Waals surface area contributed by atoms with E-state index in [9.17, 15) is 4.79 Å². The van der Waals surface area contributed by atoms with Gasteiger partial charge in [-0.05, 0) is 49.4 Å². The molecule has 1 amide bonds. The van der Waals surface area contributed by atoms with E-state index in [1.807, 2.05) is 29.3 Å². The lowest BCUT2D eigenvalue weighted by molar-refractivity contribution is -0.134. The summed E-state index contributed by atoms with van der Waals surface area (Å²) in [6, 6.07) is 6.17. The molecule has 2 aliphatic rings. The average Bonchev–Trinajstić information content (AvgIpc) is 3.48. The SMILES string of the molecule is CN=C(NCCc1c[nH]c2ccc(Cl)cc12)NC1CCN(C(=O)C2CCCC2)C1.I. The third-order valence-electron chi connectivity index (χ3n) is 6.19. The summed E-state index contributed by atoms with van der Waals surface area (Å²) in [5.41, 5.74) is 2.34. The van der Waals surface area contributed by atoms with Crippen molar-refractivity contribution in [2.45, 2.75) is 44.6 Å². The van der Waals surface area contributed by atoms with Crippen LogP contribution in [0.4, 0.5) is 0 Å². The first-order chi connectivity index (χ1) is 14.1. The number of benzene rings is 1. The highest BCUT2D eigenvalue weighted by molar-refractivity contribution is 14.0. The van der Waals surface area contributed by atoms with Crippen molar-refractivity contribution in [2.75, 3.05) is 26.7 Å². The van der Waals surface area contributed by atoms with Gasteiger partial charge in [0.2, 0.25) is 5.91 Å². The van der Waals surface area contributed by atoms with Crippen LogP contribution >= 0.6 is 35.6 Å².